The number of carbonyl (C=O) groups excluding carboxylic acids is 1. The van der Waals surface area contributed by atoms with Crippen molar-refractivity contribution in [3.05, 3.63) is 64.9 Å². The van der Waals surface area contributed by atoms with Crippen molar-refractivity contribution in [2.45, 2.75) is 6.54 Å². The van der Waals surface area contributed by atoms with Crippen LogP contribution in [0.5, 0.6) is 0 Å². The van der Waals surface area contributed by atoms with Gasteiger partial charge in [0.2, 0.25) is 11.8 Å². The molecule has 0 spiro atoms. The molecule has 3 aromatic rings. The van der Waals surface area contributed by atoms with Gasteiger partial charge in [0.25, 0.3) is 0 Å². The van der Waals surface area contributed by atoms with Crippen molar-refractivity contribution in [2.75, 3.05) is 24.3 Å². The molecule has 0 atom stereocenters. The van der Waals surface area contributed by atoms with Gasteiger partial charge in [-0.15, -0.1) is 5.10 Å². The average Bonchev–Trinajstić information content (AvgIpc) is 2.96. The summed E-state index contributed by atoms with van der Waals surface area (Å²) in [6, 6.07) is 12.6. The molecule has 1 aromatic heterocycles. The predicted molar refractivity (Wildman–Crippen MR) is 95.6 cm³/mol. The van der Waals surface area contributed by atoms with E-state index >= 15 is 0 Å². The fourth-order valence-electron chi connectivity index (χ4n) is 2.29. The van der Waals surface area contributed by atoms with Crippen molar-refractivity contribution in [1.29, 1.82) is 0 Å². The van der Waals surface area contributed by atoms with E-state index in [-0.39, 0.29) is 12.4 Å². The third kappa shape index (κ3) is 3.97. The van der Waals surface area contributed by atoms with Gasteiger partial charge in [-0.3, -0.25) is 4.79 Å². The highest BCUT2D eigenvalue weighted by atomic mass is 19.1. The van der Waals surface area contributed by atoms with E-state index in [2.05, 4.69) is 10.4 Å². The minimum absolute atomic E-state index is 0.0261. The summed E-state index contributed by atoms with van der Waals surface area (Å²) in [6.07, 6.45) is 0. The third-order valence-corrected chi connectivity index (χ3v) is 3.66. The molecule has 0 saturated carbocycles. The number of amides is 1. The highest BCUT2D eigenvalue weighted by molar-refractivity contribution is 5.90. The number of benzene rings is 2. The van der Waals surface area contributed by atoms with Crippen molar-refractivity contribution in [3.63, 3.8) is 0 Å². The van der Waals surface area contributed by atoms with Gasteiger partial charge in [-0.25, -0.2) is 9.18 Å². The van der Waals surface area contributed by atoms with Gasteiger partial charge in [0, 0.05) is 31.0 Å². The summed E-state index contributed by atoms with van der Waals surface area (Å²) in [5.41, 5.74) is 2.05. The first-order valence-corrected chi connectivity index (χ1v) is 7.83. The van der Waals surface area contributed by atoms with Gasteiger partial charge in [-0.05, 0) is 48.5 Å². The van der Waals surface area contributed by atoms with Gasteiger partial charge in [0.1, 0.15) is 12.4 Å². The average molecular weight is 356 g/mol. The normalized spacial score (nSPS) is 10.6. The Balaban J connectivity index is 1.69. The first kappa shape index (κ1) is 17.4. The smallest absolute Gasteiger partial charge is 0.388 e. The number of nitrogens with zero attached hydrogens (tertiary/aromatic N) is 3. The lowest BCUT2D eigenvalue weighted by Gasteiger charge is -2.12. The van der Waals surface area contributed by atoms with E-state index in [1.807, 2.05) is 31.1 Å². The Morgan fingerprint density at radius 3 is 2.42 bits per heavy atom. The van der Waals surface area contributed by atoms with Crippen LogP contribution in [0.4, 0.5) is 15.8 Å². The van der Waals surface area contributed by atoms with E-state index < -0.39 is 17.5 Å². The number of nitrogens with one attached hydrogen (secondary N) is 1. The van der Waals surface area contributed by atoms with Crippen LogP contribution in [0.2, 0.25) is 0 Å². The molecule has 1 heterocycles. The van der Waals surface area contributed by atoms with Gasteiger partial charge >= 0.3 is 5.76 Å². The van der Waals surface area contributed by atoms with Crippen molar-refractivity contribution in [1.82, 2.24) is 9.78 Å². The zero-order valence-electron chi connectivity index (χ0n) is 14.3. The maximum Gasteiger partial charge on any atom is 0.437 e. The monoisotopic (exact) mass is 356 g/mol. The van der Waals surface area contributed by atoms with Gasteiger partial charge in [-0.2, -0.15) is 4.68 Å². The van der Waals surface area contributed by atoms with Crippen LogP contribution in [0.15, 0.2) is 57.7 Å². The Hall–Kier alpha value is -3.42. The summed E-state index contributed by atoms with van der Waals surface area (Å²) in [6.45, 7) is -0.293. The molecule has 0 radical (unpaired) electrons. The zero-order valence-corrected chi connectivity index (χ0v) is 14.3. The van der Waals surface area contributed by atoms with Crippen molar-refractivity contribution >= 4 is 17.3 Å². The van der Waals surface area contributed by atoms with Crippen LogP contribution in [-0.4, -0.2) is 29.8 Å². The maximum atomic E-state index is 13.0. The van der Waals surface area contributed by atoms with Crippen molar-refractivity contribution in [3.8, 4) is 11.5 Å². The van der Waals surface area contributed by atoms with Crippen LogP contribution in [-0.2, 0) is 11.3 Å². The molecule has 8 heteroatoms. The summed E-state index contributed by atoms with van der Waals surface area (Å²) in [5.74, 6) is -1.56. The molecular weight excluding hydrogens is 339 g/mol. The lowest BCUT2D eigenvalue weighted by atomic mass is 10.2. The number of rotatable bonds is 5. The Morgan fingerprint density at radius 1 is 1.15 bits per heavy atom. The van der Waals surface area contributed by atoms with E-state index in [9.17, 15) is 14.0 Å². The topological polar surface area (TPSA) is 80.4 Å². The van der Waals surface area contributed by atoms with Gasteiger partial charge in [-0.1, -0.05) is 0 Å². The summed E-state index contributed by atoms with van der Waals surface area (Å²) in [7, 11) is 3.84. The summed E-state index contributed by atoms with van der Waals surface area (Å²) in [4.78, 5) is 25.9. The SMILES string of the molecule is CN(C)c1ccc(NC(=O)Cn2nc(-c3ccc(F)cc3)oc2=O)cc1. The minimum atomic E-state index is -0.762. The Kier molecular flexibility index (Phi) is 4.83. The van der Waals surface area contributed by atoms with Gasteiger partial charge < -0.3 is 14.6 Å². The van der Waals surface area contributed by atoms with E-state index in [1.54, 1.807) is 12.1 Å². The minimum Gasteiger partial charge on any atom is -0.388 e. The number of hydrogen-bond acceptors (Lipinski definition) is 5. The molecule has 0 aliphatic rings. The molecular formula is C18H17FN4O3. The fourth-order valence-corrected chi connectivity index (χ4v) is 2.29. The summed E-state index contributed by atoms with van der Waals surface area (Å²) >= 11 is 0. The lowest BCUT2D eigenvalue weighted by molar-refractivity contribution is -0.117. The Labute approximate surface area is 148 Å². The van der Waals surface area contributed by atoms with Crippen LogP contribution in [0.3, 0.4) is 0 Å². The molecule has 134 valence electrons. The standard InChI is InChI=1S/C18H17FN4O3/c1-22(2)15-9-7-14(8-10-15)20-16(24)11-23-18(25)26-17(21-23)12-3-5-13(19)6-4-12/h3-10H,11H2,1-2H3,(H,20,24). The van der Waals surface area contributed by atoms with E-state index in [0.717, 1.165) is 10.4 Å². The molecule has 0 unspecified atom stereocenters. The first-order chi connectivity index (χ1) is 12.4. The van der Waals surface area contributed by atoms with Crippen LogP contribution in [0, 0.1) is 5.82 Å². The third-order valence-electron chi connectivity index (χ3n) is 3.66. The molecule has 7 nitrogen and oxygen atoms in total. The highest BCUT2D eigenvalue weighted by Gasteiger charge is 2.13. The Bertz CT molecular complexity index is 959. The second-order valence-corrected chi connectivity index (χ2v) is 5.83. The van der Waals surface area contributed by atoms with Gasteiger partial charge in [0.15, 0.2) is 0 Å². The summed E-state index contributed by atoms with van der Waals surface area (Å²) in [5, 5.41) is 6.67. The van der Waals surface area contributed by atoms with Crippen LogP contribution >= 0.6 is 0 Å². The number of hydrogen-bond donors (Lipinski definition) is 1. The zero-order chi connectivity index (χ0) is 18.7. The molecule has 3 rings (SSSR count). The van der Waals surface area contributed by atoms with Gasteiger partial charge in [0.05, 0.1) is 0 Å². The quantitative estimate of drug-likeness (QED) is 0.759. The highest BCUT2D eigenvalue weighted by Crippen LogP contribution is 2.17. The molecule has 1 N–H and O–H groups in total. The van der Waals surface area contributed by atoms with E-state index in [0.29, 0.717) is 11.3 Å². The van der Waals surface area contributed by atoms with E-state index in [4.69, 9.17) is 4.42 Å². The molecule has 0 aliphatic carbocycles. The molecule has 1 amide bonds. The number of carbonyl (C=O) groups is 1. The van der Waals surface area contributed by atoms with Crippen LogP contribution < -0.4 is 16.0 Å². The number of aromatic nitrogens is 2. The van der Waals surface area contributed by atoms with E-state index in [1.165, 1.54) is 24.3 Å². The molecule has 0 fully saturated rings. The van der Waals surface area contributed by atoms with Crippen LogP contribution in [0.1, 0.15) is 0 Å². The lowest BCUT2D eigenvalue weighted by Crippen LogP contribution is -2.25. The Morgan fingerprint density at radius 2 is 1.81 bits per heavy atom. The molecule has 2 aromatic carbocycles. The number of anilines is 2. The first-order valence-electron chi connectivity index (χ1n) is 7.83. The van der Waals surface area contributed by atoms with Crippen LogP contribution in [0.25, 0.3) is 11.5 Å². The second kappa shape index (κ2) is 7.22. The molecule has 26 heavy (non-hydrogen) atoms. The summed E-state index contributed by atoms with van der Waals surface area (Å²) < 4.78 is 18.9. The largest absolute Gasteiger partial charge is 0.437 e. The molecule has 0 saturated heterocycles. The fraction of sp³-hybridized carbons (Fsp3) is 0.167. The number of halogens is 1. The van der Waals surface area contributed by atoms with Crippen molar-refractivity contribution in [2.24, 2.45) is 0 Å². The molecule has 0 bridgehead atoms. The second-order valence-electron chi connectivity index (χ2n) is 5.83. The predicted octanol–water partition coefficient (Wildman–Crippen LogP) is 2.35. The maximum absolute atomic E-state index is 13.0. The van der Waals surface area contributed by atoms with Crippen molar-refractivity contribution < 1.29 is 13.6 Å². The molecule has 0 aliphatic heterocycles.